The third kappa shape index (κ3) is 3.59. The molecule has 0 aromatic carbocycles. The van der Waals surface area contributed by atoms with Gasteiger partial charge in [-0.1, -0.05) is 0 Å². The molecule has 132 valence electrons. The molecule has 0 fully saturated rings. The number of nitrogens with one attached hydrogen (secondary N) is 1. The molecule has 0 spiro atoms. The van der Waals surface area contributed by atoms with E-state index in [0.717, 1.165) is 0 Å². The fourth-order valence-electron chi connectivity index (χ4n) is 2.59. The monoisotopic (exact) mass is 354 g/mol. The van der Waals surface area contributed by atoms with Gasteiger partial charge in [0, 0.05) is 18.2 Å². The minimum atomic E-state index is -0.681. The standard InChI is InChI=1S/C17H15FN6O2/c1-9-4-10(6-19)7-21-14(9)16(25)23-11-5-12(15(18)22-8-11)13-2-3-26-17(20)24-13/h4-5,7-8,13H,2-3H2,1H3,(H2,20,24)(H,23,25). The maximum atomic E-state index is 14.1. The van der Waals surface area contributed by atoms with Crippen LogP contribution in [0.1, 0.15) is 39.6 Å². The van der Waals surface area contributed by atoms with Crippen molar-refractivity contribution in [3.63, 3.8) is 0 Å². The molecule has 0 aliphatic carbocycles. The number of hydrogen-bond acceptors (Lipinski definition) is 7. The molecule has 0 bridgehead atoms. The highest BCUT2D eigenvalue weighted by Gasteiger charge is 2.22. The molecule has 1 aliphatic rings. The van der Waals surface area contributed by atoms with E-state index in [-0.39, 0.29) is 17.3 Å². The number of nitrogens with two attached hydrogens (primary N) is 1. The van der Waals surface area contributed by atoms with Crippen LogP contribution in [0.2, 0.25) is 0 Å². The van der Waals surface area contributed by atoms with Crippen LogP contribution >= 0.6 is 0 Å². The number of carbonyl (C=O) groups is 1. The van der Waals surface area contributed by atoms with Gasteiger partial charge >= 0.3 is 0 Å². The van der Waals surface area contributed by atoms with E-state index < -0.39 is 17.9 Å². The second-order valence-corrected chi connectivity index (χ2v) is 5.68. The lowest BCUT2D eigenvalue weighted by Crippen LogP contribution is -2.24. The zero-order chi connectivity index (χ0) is 18.7. The molecule has 3 N–H and O–H groups in total. The summed E-state index contributed by atoms with van der Waals surface area (Å²) in [5.74, 6) is -1.17. The molecule has 3 rings (SSSR count). The van der Waals surface area contributed by atoms with E-state index in [1.807, 2.05) is 6.07 Å². The normalized spacial score (nSPS) is 16.2. The number of rotatable bonds is 3. The molecule has 1 unspecified atom stereocenters. The van der Waals surface area contributed by atoms with Gasteiger partial charge in [0.1, 0.15) is 11.8 Å². The molecular weight excluding hydrogens is 339 g/mol. The summed E-state index contributed by atoms with van der Waals surface area (Å²) < 4.78 is 19.1. The van der Waals surface area contributed by atoms with Crippen LogP contribution in [0, 0.1) is 24.2 Å². The van der Waals surface area contributed by atoms with Gasteiger partial charge in [-0.05, 0) is 24.6 Å². The molecular formula is C17H15FN6O2. The number of hydrogen-bond donors (Lipinski definition) is 2. The van der Waals surface area contributed by atoms with Crippen LogP contribution in [-0.4, -0.2) is 28.5 Å². The molecule has 0 saturated heterocycles. The molecule has 9 heteroatoms. The quantitative estimate of drug-likeness (QED) is 0.810. The van der Waals surface area contributed by atoms with E-state index in [0.29, 0.717) is 29.8 Å². The lowest BCUT2D eigenvalue weighted by Gasteiger charge is -2.20. The topological polar surface area (TPSA) is 126 Å². The summed E-state index contributed by atoms with van der Waals surface area (Å²) in [6.07, 6.45) is 2.98. The van der Waals surface area contributed by atoms with Gasteiger partial charge in [0.25, 0.3) is 11.9 Å². The van der Waals surface area contributed by atoms with Gasteiger partial charge in [0.15, 0.2) is 0 Å². The molecule has 0 saturated carbocycles. The Morgan fingerprint density at radius 1 is 1.42 bits per heavy atom. The van der Waals surface area contributed by atoms with E-state index >= 15 is 0 Å². The third-order valence-corrected chi connectivity index (χ3v) is 3.83. The van der Waals surface area contributed by atoms with Crippen molar-refractivity contribution in [3.05, 3.63) is 52.9 Å². The molecule has 8 nitrogen and oxygen atoms in total. The molecule has 1 atom stereocenters. The van der Waals surface area contributed by atoms with Gasteiger partial charge in [0.2, 0.25) is 5.95 Å². The van der Waals surface area contributed by atoms with E-state index in [2.05, 4.69) is 20.3 Å². The van der Waals surface area contributed by atoms with Crippen molar-refractivity contribution in [2.24, 2.45) is 10.7 Å². The van der Waals surface area contributed by atoms with Crippen molar-refractivity contribution >= 4 is 17.6 Å². The van der Waals surface area contributed by atoms with E-state index in [1.165, 1.54) is 18.5 Å². The first-order valence-electron chi connectivity index (χ1n) is 7.77. The summed E-state index contributed by atoms with van der Waals surface area (Å²) in [4.78, 5) is 24.2. The Kier molecular flexibility index (Phi) is 4.75. The van der Waals surface area contributed by atoms with Gasteiger partial charge in [-0.25, -0.2) is 15.0 Å². The van der Waals surface area contributed by atoms with E-state index in [1.54, 1.807) is 13.0 Å². The molecule has 2 aromatic heterocycles. The number of aryl methyl sites for hydroxylation is 1. The molecule has 26 heavy (non-hydrogen) atoms. The number of amides is 1. The van der Waals surface area contributed by atoms with Crippen molar-refractivity contribution in [2.45, 2.75) is 19.4 Å². The molecule has 1 aliphatic heterocycles. The van der Waals surface area contributed by atoms with E-state index in [4.69, 9.17) is 15.7 Å². The first-order valence-corrected chi connectivity index (χ1v) is 7.77. The number of amidine groups is 1. The maximum absolute atomic E-state index is 14.1. The van der Waals surface area contributed by atoms with Crippen molar-refractivity contribution in [3.8, 4) is 6.07 Å². The fraction of sp³-hybridized carbons (Fsp3) is 0.235. The molecule has 3 heterocycles. The van der Waals surface area contributed by atoms with Gasteiger partial charge in [-0.3, -0.25) is 4.79 Å². The summed E-state index contributed by atoms with van der Waals surface area (Å²) >= 11 is 0. The number of halogens is 1. The summed E-state index contributed by atoms with van der Waals surface area (Å²) in [7, 11) is 0. The Morgan fingerprint density at radius 2 is 2.23 bits per heavy atom. The summed E-state index contributed by atoms with van der Waals surface area (Å²) in [6.45, 7) is 2.00. The van der Waals surface area contributed by atoms with Crippen LogP contribution in [0.5, 0.6) is 0 Å². The van der Waals surface area contributed by atoms with Crippen LogP contribution < -0.4 is 11.1 Å². The first-order chi connectivity index (χ1) is 12.5. The number of aromatic nitrogens is 2. The summed E-state index contributed by atoms with van der Waals surface area (Å²) in [6, 6.07) is 4.46. The predicted molar refractivity (Wildman–Crippen MR) is 90.8 cm³/mol. The minimum absolute atomic E-state index is 0.00695. The Balaban J connectivity index is 1.84. The highest BCUT2D eigenvalue weighted by atomic mass is 19.1. The largest absolute Gasteiger partial charge is 0.465 e. The Morgan fingerprint density at radius 3 is 2.92 bits per heavy atom. The first kappa shape index (κ1) is 17.3. The van der Waals surface area contributed by atoms with E-state index in [9.17, 15) is 9.18 Å². The second kappa shape index (κ2) is 7.14. The van der Waals surface area contributed by atoms with Gasteiger partial charge in [0.05, 0.1) is 30.1 Å². The highest BCUT2D eigenvalue weighted by Crippen LogP contribution is 2.27. The predicted octanol–water partition coefficient (Wildman–Crippen LogP) is 1.82. The zero-order valence-electron chi connectivity index (χ0n) is 13.9. The second-order valence-electron chi connectivity index (χ2n) is 5.68. The fourth-order valence-corrected chi connectivity index (χ4v) is 2.59. The number of nitrogens with zero attached hydrogens (tertiary/aromatic N) is 4. The summed E-state index contributed by atoms with van der Waals surface area (Å²) in [5, 5.41) is 11.5. The number of anilines is 1. The molecule has 1 amide bonds. The lowest BCUT2D eigenvalue weighted by molar-refractivity contribution is 0.102. The number of ether oxygens (including phenoxy) is 1. The highest BCUT2D eigenvalue weighted by molar-refractivity contribution is 6.03. The number of pyridine rings is 2. The maximum Gasteiger partial charge on any atom is 0.282 e. The van der Waals surface area contributed by atoms with Crippen molar-refractivity contribution in [1.82, 2.24) is 9.97 Å². The van der Waals surface area contributed by atoms with Crippen LogP contribution in [0.15, 0.2) is 29.5 Å². The minimum Gasteiger partial charge on any atom is -0.465 e. The van der Waals surface area contributed by atoms with Gasteiger partial charge < -0.3 is 15.8 Å². The number of carbonyl (C=O) groups excluding carboxylic acids is 1. The van der Waals surface area contributed by atoms with Crippen molar-refractivity contribution < 1.29 is 13.9 Å². The van der Waals surface area contributed by atoms with Gasteiger partial charge in [-0.2, -0.15) is 9.65 Å². The zero-order valence-corrected chi connectivity index (χ0v) is 13.9. The molecule has 2 aromatic rings. The van der Waals surface area contributed by atoms with Gasteiger partial charge in [-0.15, -0.1) is 0 Å². The van der Waals surface area contributed by atoms with Crippen LogP contribution in [0.4, 0.5) is 10.1 Å². The Labute approximate surface area is 148 Å². The Hall–Kier alpha value is -3.54. The van der Waals surface area contributed by atoms with Crippen molar-refractivity contribution in [2.75, 3.05) is 11.9 Å². The summed E-state index contributed by atoms with van der Waals surface area (Å²) in [5.41, 5.74) is 7.14. The average molecular weight is 354 g/mol. The van der Waals surface area contributed by atoms with Crippen LogP contribution in [0.3, 0.4) is 0 Å². The van der Waals surface area contributed by atoms with Crippen molar-refractivity contribution in [1.29, 1.82) is 5.26 Å². The smallest absolute Gasteiger partial charge is 0.282 e. The number of aliphatic imine (C=N–C) groups is 1. The lowest BCUT2D eigenvalue weighted by atomic mass is 10.1. The SMILES string of the molecule is Cc1cc(C#N)cnc1C(=O)Nc1cnc(F)c(C2CCOC(N)=N2)c1. The van der Waals surface area contributed by atoms with Crippen LogP contribution in [0.25, 0.3) is 0 Å². The van der Waals surface area contributed by atoms with Crippen LogP contribution in [-0.2, 0) is 4.74 Å². The number of nitriles is 1. The third-order valence-electron chi connectivity index (χ3n) is 3.83. The average Bonchev–Trinajstić information content (AvgIpc) is 2.63. The molecule has 0 radical (unpaired) electrons. The Bertz CT molecular complexity index is 937.